The maximum absolute atomic E-state index is 12.1. The second kappa shape index (κ2) is 7.20. The van der Waals surface area contributed by atoms with Crippen LogP contribution in [0.5, 0.6) is 0 Å². The highest BCUT2D eigenvalue weighted by molar-refractivity contribution is 5.83. The summed E-state index contributed by atoms with van der Waals surface area (Å²) in [6.45, 7) is 2.11. The van der Waals surface area contributed by atoms with Crippen LogP contribution in [0.3, 0.4) is 0 Å². The van der Waals surface area contributed by atoms with E-state index in [-0.39, 0.29) is 11.9 Å². The molecule has 1 aliphatic carbocycles. The molecule has 3 nitrogen and oxygen atoms in total. The van der Waals surface area contributed by atoms with E-state index >= 15 is 0 Å². The zero-order chi connectivity index (χ0) is 13.5. The molecular weight excluding hydrogens is 228 g/mol. The van der Waals surface area contributed by atoms with Crippen molar-refractivity contribution in [1.82, 2.24) is 0 Å². The van der Waals surface area contributed by atoms with Gasteiger partial charge in [0.25, 0.3) is 0 Å². The van der Waals surface area contributed by atoms with Gasteiger partial charge in [-0.2, -0.15) is 0 Å². The van der Waals surface area contributed by atoms with Crippen LogP contribution < -0.4 is 0 Å². The molecule has 0 saturated heterocycles. The monoisotopic (exact) mass is 250 g/mol. The third-order valence-electron chi connectivity index (χ3n) is 3.78. The summed E-state index contributed by atoms with van der Waals surface area (Å²) in [5, 5.41) is 0. The number of Topliss-reactive ketones (excluding diaryl/α,β-unsaturated/α-hetero) is 1. The highest BCUT2D eigenvalue weighted by Crippen LogP contribution is 2.36. The molecule has 1 fully saturated rings. The summed E-state index contributed by atoms with van der Waals surface area (Å²) >= 11 is 0. The topological polar surface area (TPSA) is 43.4 Å². The molecule has 0 aliphatic heterocycles. The van der Waals surface area contributed by atoms with Crippen molar-refractivity contribution in [3.05, 3.63) is 0 Å². The fourth-order valence-electron chi connectivity index (χ4n) is 2.88. The molecule has 1 aliphatic rings. The van der Waals surface area contributed by atoms with Gasteiger partial charge in [0.05, 0.1) is 7.11 Å². The average Bonchev–Trinajstić information content (AvgIpc) is 2.34. The average molecular weight is 250 g/mol. The third kappa shape index (κ3) is 4.18. The second-order valence-electron chi connectivity index (χ2n) is 5.24. The lowest BCUT2D eigenvalue weighted by atomic mass is 9.70. The number of methoxy groups -OCH3 is 1. The fraction of sp³-hybridized carbons (Fsp3) is 0.733. The van der Waals surface area contributed by atoms with Crippen LogP contribution >= 0.6 is 0 Å². The zero-order valence-electron chi connectivity index (χ0n) is 11.3. The smallest absolute Gasteiger partial charge is 0.305 e. The number of terminal acetylenes is 1. The Morgan fingerprint density at radius 3 is 2.83 bits per heavy atom. The van der Waals surface area contributed by atoms with Gasteiger partial charge in [-0.3, -0.25) is 9.59 Å². The fourth-order valence-corrected chi connectivity index (χ4v) is 2.88. The molecular formula is C15H22O3. The number of ketones is 1. The Bertz CT molecular complexity index is 340. The normalized spacial score (nSPS) is 27.6. The highest BCUT2D eigenvalue weighted by Gasteiger charge is 2.34. The van der Waals surface area contributed by atoms with E-state index in [0.29, 0.717) is 43.3 Å². The van der Waals surface area contributed by atoms with Gasteiger partial charge in [0.15, 0.2) is 0 Å². The number of carbonyl (C=O) groups is 2. The minimum Gasteiger partial charge on any atom is -0.469 e. The molecule has 3 atom stereocenters. The standard InChI is InChI=1S/C15H22O3/c1-4-5-6-12-9-11(2)10-14(16)13(12)7-8-15(17)18-3/h1,11-13H,5-10H2,2-3H3/t11-,12-,13?/m1/s1. The molecule has 100 valence electrons. The maximum atomic E-state index is 12.1. The summed E-state index contributed by atoms with van der Waals surface area (Å²) in [5.41, 5.74) is 0. The molecule has 1 unspecified atom stereocenters. The summed E-state index contributed by atoms with van der Waals surface area (Å²) in [4.78, 5) is 23.3. The first-order valence-electron chi connectivity index (χ1n) is 6.61. The third-order valence-corrected chi connectivity index (χ3v) is 3.78. The van der Waals surface area contributed by atoms with Crippen molar-refractivity contribution in [2.75, 3.05) is 7.11 Å². The summed E-state index contributed by atoms with van der Waals surface area (Å²) < 4.78 is 4.63. The van der Waals surface area contributed by atoms with E-state index in [9.17, 15) is 9.59 Å². The Hall–Kier alpha value is -1.30. The van der Waals surface area contributed by atoms with Crippen LogP contribution in [0, 0.1) is 30.1 Å². The molecule has 1 rings (SSSR count). The van der Waals surface area contributed by atoms with Gasteiger partial charge in [-0.25, -0.2) is 0 Å². The van der Waals surface area contributed by atoms with E-state index in [0.717, 1.165) is 12.8 Å². The second-order valence-corrected chi connectivity index (χ2v) is 5.24. The Kier molecular flexibility index (Phi) is 5.91. The molecule has 0 radical (unpaired) electrons. The van der Waals surface area contributed by atoms with Crippen LogP contribution in [-0.4, -0.2) is 18.9 Å². The number of carbonyl (C=O) groups excluding carboxylic acids is 2. The van der Waals surface area contributed by atoms with Gasteiger partial charge in [0, 0.05) is 25.2 Å². The lowest BCUT2D eigenvalue weighted by Crippen LogP contribution is -2.32. The van der Waals surface area contributed by atoms with E-state index in [4.69, 9.17) is 6.42 Å². The van der Waals surface area contributed by atoms with Gasteiger partial charge in [-0.15, -0.1) is 12.3 Å². The first kappa shape index (κ1) is 14.8. The van der Waals surface area contributed by atoms with Gasteiger partial charge in [-0.1, -0.05) is 6.92 Å². The van der Waals surface area contributed by atoms with Gasteiger partial charge in [0.2, 0.25) is 0 Å². The molecule has 0 heterocycles. The van der Waals surface area contributed by atoms with Crippen molar-refractivity contribution in [2.24, 2.45) is 17.8 Å². The summed E-state index contributed by atoms with van der Waals surface area (Å²) in [7, 11) is 1.38. The quantitative estimate of drug-likeness (QED) is 0.556. The minimum absolute atomic E-state index is 0.00588. The molecule has 1 saturated carbocycles. The molecule has 0 amide bonds. The van der Waals surface area contributed by atoms with E-state index < -0.39 is 0 Å². The van der Waals surface area contributed by atoms with Gasteiger partial charge >= 0.3 is 5.97 Å². The van der Waals surface area contributed by atoms with Crippen LogP contribution in [0.1, 0.15) is 45.4 Å². The molecule has 0 bridgehead atoms. The van der Waals surface area contributed by atoms with Gasteiger partial charge < -0.3 is 4.74 Å². The molecule has 0 aromatic heterocycles. The number of esters is 1. The summed E-state index contributed by atoms with van der Waals surface area (Å²) in [5.74, 6) is 3.46. The Labute approximate surface area is 109 Å². The Balaban J connectivity index is 2.60. The lowest BCUT2D eigenvalue weighted by Gasteiger charge is -2.33. The summed E-state index contributed by atoms with van der Waals surface area (Å²) in [6, 6.07) is 0. The van der Waals surface area contributed by atoms with Crippen LogP contribution in [0.2, 0.25) is 0 Å². The Morgan fingerprint density at radius 1 is 1.50 bits per heavy atom. The van der Waals surface area contributed by atoms with Crippen LogP contribution in [-0.2, 0) is 14.3 Å². The molecule has 0 spiro atoms. The van der Waals surface area contributed by atoms with Crippen molar-refractivity contribution in [1.29, 1.82) is 0 Å². The van der Waals surface area contributed by atoms with E-state index in [2.05, 4.69) is 17.6 Å². The zero-order valence-corrected chi connectivity index (χ0v) is 11.3. The number of hydrogen-bond donors (Lipinski definition) is 0. The lowest BCUT2D eigenvalue weighted by molar-refractivity contribution is -0.141. The van der Waals surface area contributed by atoms with E-state index in [1.54, 1.807) is 0 Å². The highest BCUT2D eigenvalue weighted by atomic mass is 16.5. The Morgan fingerprint density at radius 2 is 2.22 bits per heavy atom. The van der Waals surface area contributed by atoms with Gasteiger partial charge in [0.1, 0.15) is 5.78 Å². The molecule has 18 heavy (non-hydrogen) atoms. The van der Waals surface area contributed by atoms with Crippen molar-refractivity contribution in [3.63, 3.8) is 0 Å². The molecule has 0 aromatic carbocycles. The molecule has 0 aromatic rings. The minimum atomic E-state index is -0.239. The predicted molar refractivity (Wildman–Crippen MR) is 69.7 cm³/mol. The van der Waals surface area contributed by atoms with Crippen molar-refractivity contribution >= 4 is 11.8 Å². The van der Waals surface area contributed by atoms with E-state index in [1.165, 1.54) is 7.11 Å². The first-order chi connectivity index (χ1) is 8.58. The van der Waals surface area contributed by atoms with Gasteiger partial charge in [-0.05, 0) is 31.1 Å². The van der Waals surface area contributed by atoms with E-state index in [1.807, 2.05) is 0 Å². The largest absolute Gasteiger partial charge is 0.469 e. The van der Waals surface area contributed by atoms with Crippen LogP contribution in [0.4, 0.5) is 0 Å². The number of hydrogen-bond acceptors (Lipinski definition) is 3. The van der Waals surface area contributed by atoms with Crippen molar-refractivity contribution in [2.45, 2.75) is 45.4 Å². The first-order valence-corrected chi connectivity index (χ1v) is 6.61. The molecule has 0 N–H and O–H groups in total. The number of rotatable bonds is 5. The number of ether oxygens (including phenoxy) is 1. The molecule has 3 heteroatoms. The van der Waals surface area contributed by atoms with Crippen molar-refractivity contribution < 1.29 is 14.3 Å². The maximum Gasteiger partial charge on any atom is 0.305 e. The van der Waals surface area contributed by atoms with Crippen LogP contribution in [0.15, 0.2) is 0 Å². The van der Waals surface area contributed by atoms with Crippen molar-refractivity contribution in [3.8, 4) is 12.3 Å². The summed E-state index contributed by atoms with van der Waals surface area (Å²) in [6.07, 6.45) is 9.50. The van der Waals surface area contributed by atoms with Crippen LogP contribution in [0.25, 0.3) is 0 Å². The predicted octanol–water partition coefficient (Wildman–Crippen LogP) is 2.58. The SMILES string of the molecule is C#CCC[C@@H]1C[C@@H](C)CC(=O)C1CCC(=O)OC.